The first-order valence-corrected chi connectivity index (χ1v) is 8.51. The van der Waals surface area contributed by atoms with Gasteiger partial charge >= 0.3 is 6.18 Å². The van der Waals surface area contributed by atoms with Gasteiger partial charge in [0.05, 0.1) is 11.9 Å². The maximum Gasteiger partial charge on any atom is 0.425 e. The van der Waals surface area contributed by atoms with Crippen LogP contribution in [0, 0.1) is 5.82 Å². The second-order valence-corrected chi connectivity index (χ2v) is 6.83. The van der Waals surface area contributed by atoms with E-state index in [0.717, 1.165) is 19.2 Å². The number of rotatable bonds is 4. The number of pyridine rings is 1. The van der Waals surface area contributed by atoms with Crippen molar-refractivity contribution in [2.75, 3.05) is 0 Å². The highest BCUT2D eigenvalue weighted by molar-refractivity contribution is 5.59. The van der Waals surface area contributed by atoms with Crippen molar-refractivity contribution in [3.63, 3.8) is 0 Å². The fourth-order valence-corrected chi connectivity index (χ4v) is 2.98. The predicted molar refractivity (Wildman–Crippen MR) is 87.0 cm³/mol. The summed E-state index contributed by atoms with van der Waals surface area (Å²) in [5, 5.41) is 7.81. The summed E-state index contributed by atoms with van der Waals surface area (Å²) < 4.78 is 84.2. The lowest BCUT2D eigenvalue weighted by atomic mass is 9.81. The summed E-state index contributed by atoms with van der Waals surface area (Å²) in [6.45, 7) is 0.738. The summed E-state index contributed by atoms with van der Waals surface area (Å²) in [6, 6.07) is 0.932. The first-order chi connectivity index (χ1) is 13.5. The van der Waals surface area contributed by atoms with Gasteiger partial charge in [-0.25, -0.2) is 18.2 Å². The smallest absolute Gasteiger partial charge is 0.425 e. The van der Waals surface area contributed by atoms with E-state index in [-0.39, 0.29) is 24.1 Å². The summed E-state index contributed by atoms with van der Waals surface area (Å²) in [7, 11) is 0. The monoisotopic (exact) mass is 417 g/mol. The van der Waals surface area contributed by atoms with Crippen molar-refractivity contribution >= 4 is 5.65 Å². The molecule has 0 aliphatic heterocycles. The lowest BCUT2D eigenvalue weighted by molar-refractivity contribution is -0.190. The molecule has 6 nitrogen and oxygen atoms in total. The molecule has 0 aromatic carbocycles. The fraction of sp³-hybridized carbons (Fsp3) is 0.412. The molecule has 0 spiro atoms. The van der Waals surface area contributed by atoms with Gasteiger partial charge in [-0.05, 0) is 13.0 Å². The van der Waals surface area contributed by atoms with Gasteiger partial charge in [-0.3, -0.25) is 9.38 Å². The molecule has 0 radical (unpaired) electrons. The summed E-state index contributed by atoms with van der Waals surface area (Å²) >= 11 is 0. The molecule has 0 saturated heterocycles. The van der Waals surface area contributed by atoms with Crippen LogP contribution in [0.15, 0.2) is 24.7 Å². The number of hydrogen-bond donors (Lipinski definition) is 0. The molecule has 154 valence electrons. The van der Waals surface area contributed by atoms with Gasteiger partial charge in [0.2, 0.25) is 5.92 Å². The Kier molecular flexibility index (Phi) is 4.39. The second-order valence-electron chi connectivity index (χ2n) is 6.83. The number of ether oxygens (including phenoxy) is 1. The fourth-order valence-electron chi connectivity index (χ4n) is 2.98. The molecule has 0 N–H and O–H groups in total. The predicted octanol–water partition coefficient (Wildman–Crippen LogP) is 4.17. The van der Waals surface area contributed by atoms with Crippen LogP contribution in [0.2, 0.25) is 0 Å². The standard InChI is InChI=1S/C17H13F6N5O/c1-8(17(21,22)23)29-15-11(18)2-9(5-25-15)12-7-28-13(6-24-12)26-27-14(28)10-3-16(19,20)4-10/h2,5-8,10H,3-4H2,1H3. The Balaban J connectivity index is 1.62. The number of aromatic nitrogens is 5. The highest BCUT2D eigenvalue weighted by Crippen LogP contribution is 2.47. The van der Waals surface area contributed by atoms with Gasteiger partial charge in [0.1, 0.15) is 5.82 Å². The highest BCUT2D eigenvalue weighted by atomic mass is 19.4. The molecule has 12 heteroatoms. The molecule has 0 amide bonds. The Morgan fingerprint density at radius 3 is 2.52 bits per heavy atom. The van der Waals surface area contributed by atoms with E-state index in [1.807, 2.05) is 0 Å². The van der Waals surface area contributed by atoms with E-state index in [1.54, 1.807) is 0 Å². The van der Waals surface area contributed by atoms with Crippen molar-refractivity contribution in [3.05, 3.63) is 36.3 Å². The van der Waals surface area contributed by atoms with Crippen molar-refractivity contribution in [1.82, 2.24) is 24.6 Å². The zero-order valence-corrected chi connectivity index (χ0v) is 14.8. The molecule has 4 rings (SSSR count). The molecule has 1 saturated carbocycles. The lowest BCUT2D eigenvalue weighted by Crippen LogP contribution is -2.34. The highest BCUT2D eigenvalue weighted by Gasteiger charge is 2.47. The number of alkyl halides is 5. The Bertz CT molecular complexity index is 1060. The van der Waals surface area contributed by atoms with Crippen LogP contribution in [-0.4, -0.2) is 42.8 Å². The van der Waals surface area contributed by atoms with Crippen molar-refractivity contribution < 1.29 is 31.1 Å². The number of nitrogens with zero attached hydrogens (tertiary/aromatic N) is 5. The van der Waals surface area contributed by atoms with Crippen LogP contribution >= 0.6 is 0 Å². The zero-order chi connectivity index (χ0) is 21.0. The average Bonchev–Trinajstić information content (AvgIpc) is 3.03. The first-order valence-electron chi connectivity index (χ1n) is 8.51. The van der Waals surface area contributed by atoms with Crippen molar-refractivity contribution in [1.29, 1.82) is 0 Å². The van der Waals surface area contributed by atoms with Crippen LogP contribution in [0.3, 0.4) is 0 Å². The molecule has 29 heavy (non-hydrogen) atoms. The van der Waals surface area contributed by atoms with Gasteiger partial charge < -0.3 is 4.74 Å². The van der Waals surface area contributed by atoms with Gasteiger partial charge in [-0.15, -0.1) is 10.2 Å². The van der Waals surface area contributed by atoms with Crippen molar-refractivity contribution in [2.45, 2.75) is 43.9 Å². The van der Waals surface area contributed by atoms with Crippen LogP contribution in [-0.2, 0) is 0 Å². The number of hydrogen-bond acceptors (Lipinski definition) is 5. The molecule has 3 aromatic rings. The molecule has 3 heterocycles. The van der Waals surface area contributed by atoms with Crippen LogP contribution < -0.4 is 4.74 Å². The summed E-state index contributed by atoms with van der Waals surface area (Å²) in [5.74, 6) is -4.75. The summed E-state index contributed by atoms with van der Waals surface area (Å²) in [5.41, 5.74) is 0.702. The third-order valence-electron chi connectivity index (χ3n) is 4.63. The SMILES string of the molecule is CC(Oc1ncc(-c2cn3c(C4CC(F)(F)C4)nnc3cn2)cc1F)C(F)(F)F. The topological polar surface area (TPSA) is 65.2 Å². The third-order valence-corrected chi connectivity index (χ3v) is 4.63. The van der Waals surface area contributed by atoms with Crippen LogP contribution in [0.4, 0.5) is 26.3 Å². The molecule has 3 aromatic heterocycles. The van der Waals surface area contributed by atoms with E-state index in [4.69, 9.17) is 0 Å². The Labute approximate surface area is 159 Å². The number of fused-ring (bicyclic) bond motifs is 1. The number of halogens is 6. The van der Waals surface area contributed by atoms with Gasteiger partial charge in [-0.1, -0.05) is 0 Å². The molecule has 1 unspecified atom stereocenters. The quantitative estimate of drug-likeness (QED) is 0.597. The van der Waals surface area contributed by atoms with Gasteiger partial charge in [0.15, 0.2) is 17.6 Å². The molecular formula is C17H13F6N5O. The summed E-state index contributed by atoms with van der Waals surface area (Å²) in [6.07, 6.45) is -3.70. The Morgan fingerprint density at radius 1 is 1.17 bits per heavy atom. The molecule has 1 fully saturated rings. The Hall–Kier alpha value is -2.92. The summed E-state index contributed by atoms with van der Waals surface area (Å²) in [4.78, 5) is 7.70. The zero-order valence-electron chi connectivity index (χ0n) is 14.8. The van der Waals surface area contributed by atoms with E-state index < -0.39 is 35.8 Å². The maximum absolute atomic E-state index is 14.2. The van der Waals surface area contributed by atoms with E-state index in [9.17, 15) is 26.3 Å². The maximum atomic E-state index is 14.2. The van der Waals surface area contributed by atoms with Crippen molar-refractivity contribution in [2.24, 2.45) is 0 Å². The minimum absolute atomic E-state index is 0.162. The molecule has 1 aliphatic carbocycles. The molecule has 0 bridgehead atoms. The van der Waals surface area contributed by atoms with Gasteiger partial charge in [0.25, 0.3) is 5.88 Å². The van der Waals surface area contributed by atoms with Crippen LogP contribution in [0.5, 0.6) is 5.88 Å². The van der Waals surface area contributed by atoms with E-state index in [0.29, 0.717) is 11.5 Å². The average molecular weight is 417 g/mol. The minimum atomic E-state index is -4.66. The molecular weight excluding hydrogens is 404 g/mol. The normalized spacial score (nSPS) is 17.9. The molecule has 1 atom stereocenters. The third kappa shape index (κ3) is 3.70. The second kappa shape index (κ2) is 6.56. The van der Waals surface area contributed by atoms with Crippen LogP contribution in [0.1, 0.15) is 31.5 Å². The van der Waals surface area contributed by atoms with E-state index in [1.165, 1.54) is 16.8 Å². The minimum Gasteiger partial charge on any atom is -0.463 e. The van der Waals surface area contributed by atoms with Crippen LogP contribution in [0.25, 0.3) is 16.9 Å². The Morgan fingerprint density at radius 2 is 1.90 bits per heavy atom. The molecule has 1 aliphatic rings. The van der Waals surface area contributed by atoms with Gasteiger partial charge in [-0.2, -0.15) is 13.2 Å². The van der Waals surface area contributed by atoms with Gasteiger partial charge in [0, 0.05) is 36.7 Å². The lowest BCUT2D eigenvalue weighted by Gasteiger charge is -2.33. The van der Waals surface area contributed by atoms with E-state index >= 15 is 0 Å². The first kappa shape index (κ1) is 19.4. The largest absolute Gasteiger partial charge is 0.463 e. The van der Waals surface area contributed by atoms with E-state index in [2.05, 4.69) is 24.9 Å². The van der Waals surface area contributed by atoms with Crippen molar-refractivity contribution in [3.8, 4) is 17.1 Å².